The van der Waals surface area contributed by atoms with E-state index < -0.39 is 42.3 Å². The van der Waals surface area contributed by atoms with Crippen LogP contribution in [0, 0.1) is 5.92 Å². The van der Waals surface area contributed by atoms with Crippen molar-refractivity contribution >= 4 is 30.0 Å². The second-order valence-corrected chi connectivity index (χ2v) is 8.53. The Balaban J connectivity index is 4.28. The molecule has 0 radical (unpaired) electrons. The third-order valence-electron chi connectivity index (χ3n) is 4.93. The van der Waals surface area contributed by atoms with Gasteiger partial charge in [0.05, 0.1) is 12.5 Å². The molecule has 0 bridgehead atoms. The van der Waals surface area contributed by atoms with Crippen LogP contribution < -0.4 is 5.32 Å². The van der Waals surface area contributed by atoms with E-state index in [2.05, 4.69) is 18.5 Å². The zero-order chi connectivity index (χ0) is 28.3. The highest BCUT2D eigenvalue weighted by molar-refractivity contribution is 5.82. The molecule has 0 saturated carbocycles. The number of hydrogen-bond acceptors (Lipinski definition) is 11. The maximum atomic E-state index is 12.1. The second kappa shape index (κ2) is 18.8. The van der Waals surface area contributed by atoms with Crippen molar-refractivity contribution < 1.29 is 52.8 Å². The molecule has 0 rings (SSSR count). The van der Waals surface area contributed by atoms with Crippen LogP contribution in [0.4, 0.5) is 4.79 Å². The highest BCUT2D eigenvalue weighted by Gasteiger charge is 2.31. The van der Waals surface area contributed by atoms with Crippen molar-refractivity contribution in [3.05, 3.63) is 25.3 Å². The van der Waals surface area contributed by atoms with Crippen molar-refractivity contribution in [2.45, 2.75) is 64.5 Å². The molecule has 2 atom stereocenters. The van der Waals surface area contributed by atoms with Crippen molar-refractivity contribution in [2.24, 2.45) is 5.92 Å². The minimum absolute atomic E-state index is 0.124. The van der Waals surface area contributed by atoms with Crippen molar-refractivity contribution in [1.29, 1.82) is 0 Å². The molecule has 2 unspecified atom stereocenters. The number of rotatable bonds is 19. The smallest absolute Gasteiger partial charge is 0.407 e. The van der Waals surface area contributed by atoms with Crippen molar-refractivity contribution in [3.8, 4) is 0 Å². The van der Waals surface area contributed by atoms with E-state index in [1.165, 1.54) is 6.92 Å². The number of ether oxygens (including phenoxy) is 5. The van der Waals surface area contributed by atoms with Gasteiger partial charge in [0.2, 0.25) is 0 Å². The van der Waals surface area contributed by atoms with Crippen LogP contribution in [0.1, 0.15) is 52.9 Å². The van der Waals surface area contributed by atoms with Crippen LogP contribution in [0.3, 0.4) is 0 Å². The quantitative estimate of drug-likeness (QED) is 0.109. The summed E-state index contributed by atoms with van der Waals surface area (Å²) in [7, 11) is 0. The zero-order valence-corrected chi connectivity index (χ0v) is 21.8. The van der Waals surface area contributed by atoms with Gasteiger partial charge in [-0.05, 0) is 32.6 Å². The maximum absolute atomic E-state index is 12.1. The summed E-state index contributed by atoms with van der Waals surface area (Å²) in [5, 5.41) is 12.3. The molecule has 0 saturated heterocycles. The summed E-state index contributed by atoms with van der Waals surface area (Å²) in [4.78, 5) is 58.2. The van der Waals surface area contributed by atoms with Gasteiger partial charge in [0.1, 0.15) is 38.1 Å². The van der Waals surface area contributed by atoms with Gasteiger partial charge in [0.25, 0.3) is 0 Å². The van der Waals surface area contributed by atoms with Gasteiger partial charge in [-0.15, -0.1) is 0 Å². The fraction of sp³-hybridized carbons (Fsp3) is 0.640. The average Bonchev–Trinajstić information content (AvgIpc) is 2.89. The average molecular weight is 530 g/mol. The minimum atomic E-state index is -1.35. The Labute approximate surface area is 217 Å². The summed E-state index contributed by atoms with van der Waals surface area (Å²) >= 11 is 0. The standard InChI is InChI=1S/C25H39NO11/c1-6-18(4)23(31)33-13-11-9-10-12-22(30)34-14-19(27)15-35-24(32)26-25(5,16-36-20(28)7-2)17-37-21(29)8-3/h7-8,18-19,27H,2-3,6,9-17H2,1,4-5H3,(H,26,32). The molecule has 12 nitrogen and oxygen atoms in total. The third kappa shape index (κ3) is 16.8. The lowest BCUT2D eigenvalue weighted by molar-refractivity contribution is -0.149. The Hall–Kier alpha value is -3.41. The van der Waals surface area contributed by atoms with Crippen LogP contribution in [0.25, 0.3) is 0 Å². The SMILES string of the molecule is C=CC(=O)OCC(C)(COC(=O)C=C)NC(=O)OCC(O)COC(=O)CCCCCOC(=O)C(C)CC. The summed E-state index contributed by atoms with van der Waals surface area (Å²) < 4.78 is 24.8. The van der Waals surface area contributed by atoms with Crippen molar-refractivity contribution in [3.63, 3.8) is 0 Å². The lowest BCUT2D eigenvalue weighted by atomic mass is 10.1. The Morgan fingerprint density at radius 2 is 1.46 bits per heavy atom. The molecule has 0 aromatic heterocycles. The summed E-state index contributed by atoms with van der Waals surface area (Å²) in [6, 6.07) is 0. The Bertz CT molecular complexity index is 757. The van der Waals surface area contributed by atoms with Gasteiger partial charge >= 0.3 is 30.0 Å². The van der Waals surface area contributed by atoms with Gasteiger partial charge in [-0.3, -0.25) is 9.59 Å². The number of aliphatic hydroxyl groups excluding tert-OH is 1. The second-order valence-electron chi connectivity index (χ2n) is 8.53. The van der Waals surface area contributed by atoms with E-state index in [-0.39, 0.29) is 38.1 Å². The number of alkyl carbamates (subject to hydrolysis) is 1. The van der Waals surface area contributed by atoms with E-state index in [0.717, 1.165) is 12.2 Å². The third-order valence-corrected chi connectivity index (χ3v) is 4.93. The number of unbranched alkanes of at least 4 members (excludes halogenated alkanes) is 2. The molecule has 0 aliphatic carbocycles. The molecule has 0 aromatic rings. The fourth-order valence-corrected chi connectivity index (χ4v) is 2.49. The maximum Gasteiger partial charge on any atom is 0.407 e. The lowest BCUT2D eigenvalue weighted by Crippen LogP contribution is -2.54. The first-order valence-electron chi connectivity index (χ1n) is 12.0. The van der Waals surface area contributed by atoms with Gasteiger partial charge in [-0.25, -0.2) is 14.4 Å². The number of amides is 1. The monoisotopic (exact) mass is 529 g/mol. The van der Waals surface area contributed by atoms with E-state index >= 15 is 0 Å². The van der Waals surface area contributed by atoms with Gasteiger partial charge in [-0.1, -0.05) is 27.0 Å². The molecule has 0 aromatic carbocycles. The number of hydrogen-bond donors (Lipinski definition) is 2. The van der Waals surface area contributed by atoms with Gasteiger partial charge in [0.15, 0.2) is 0 Å². The van der Waals surface area contributed by atoms with E-state index in [1.54, 1.807) is 6.92 Å². The molecule has 2 N–H and O–H groups in total. The summed E-state index contributed by atoms with van der Waals surface area (Å²) in [6.45, 7) is 10.4. The highest BCUT2D eigenvalue weighted by Crippen LogP contribution is 2.09. The predicted molar refractivity (Wildman–Crippen MR) is 131 cm³/mol. The molecule has 1 amide bonds. The molecular formula is C25H39NO11. The number of nitrogens with one attached hydrogen (secondary N) is 1. The number of carbonyl (C=O) groups is 5. The molecule has 0 heterocycles. The molecule has 210 valence electrons. The summed E-state index contributed by atoms with van der Waals surface area (Å²) in [5.74, 6) is -2.40. The molecular weight excluding hydrogens is 490 g/mol. The Morgan fingerprint density at radius 1 is 0.892 bits per heavy atom. The Kier molecular flexibility index (Phi) is 17.1. The van der Waals surface area contributed by atoms with E-state index in [0.29, 0.717) is 32.3 Å². The van der Waals surface area contributed by atoms with Gasteiger partial charge in [0, 0.05) is 18.6 Å². The highest BCUT2D eigenvalue weighted by atomic mass is 16.6. The van der Waals surface area contributed by atoms with Crippen LogP contribution in [0.15, 0.2) is 25.3 Å². The van der Waals surface area contributed by atoms with E-state index in [1.807, 2.05) is 6.92 Å². The number of esters is 4. The first-order valence-corrected chi connectivity index (χ1v) is 12.0. The molecule has 37 heavy (non-hydrogen) atoms. The van der Waals surface area contributed by atoms with Gasteiger partial charge in [-0.2, -0.15) is 0 Å². The summed E-state index contributed by atoms with van der Waals surface area (Å²) in [5.41, 5.74) is -1.35. The number of aliphatic hydroxyl groups is 1. The van der Waals surface area contributed by atoms with Crippen molar-refractivity contribution in [2.75, 3.05) is 33.0 Å². The zero-order valence-electron chi connectivity index (χ0n) is 21.8. The van der Waals surface area contributed by atoms with Crippen LogP contribution in [-0.4, -0.2) is 79.8 Å². The lowest BCUT2D eigenvalue weighted by Gasteiger charge is -2.29. The normalized spacial score (nSPS) is 12.3. The first-order chi connectivity index (χ1) is 17.5. The minimum Gasteiger partial charge on any atom is -0.465 e. The predicted octanol–water partition coefficient (Wildman–Crippen LogP) is 1.98. The van der Waals surface area contributed by atoms with Crippen LogP contribution >= 0.6 is 0 Å². The van der Waals surface area contributed by atoms with E-state index in [9.17, 15) is 29.1 Å². The van der Waals surface area contributed by atoms with Crippen LogP contribution in [0.5, 0.6) is 0 Å². The molecule has 0 aliphatic heterocycles. The fourth-order valence-electron chi connectivity index (χ4n) is 2.49. The topological polar surface area (TPSA) is 164 Å². The van der Waals surface area contributed by atoms with Gasteiger partial charge < -0.3 is 34.1 Å². The molecule has 0 spiro atoms. The first kappa shape index (κ1) is 33.6. The Morgan fingerprint density at radius 3 is 2.00 bits per heavy atom. The molecule has 12 heteroatoms. The van der Waals surface area contributed by atoms with Crippen LogP contribution in [0.2, 0.25) is 0 Å². The summed E-state index contributed by atoms with van der Waals surface area (Å²) in [6.07, 6.45) is 2.24. The number of carbonyl (C=O) groups excluding carboxylic acids is 5. The molecule has 0 fully saturated rings. The van der Waals surface area contributed by atoms with Crippen LogP contribution in [-0.2, 0) is 42.9 Å². The van der Waals surface area contributed by atoms with Crippen molar-refractivity contribution in [1.82, 2.24) is 5.32 Å². The largest absolute Gasteiger partial charge is 0.465 e. The van der Waals surface area contributed by atoms with E-state index in [4.69, 9.17) is 23.7 Å². The molecule has 0 aliphatic rings.